The zero-order chi connectivity index (χ0) is 17.9. The van der Waals surface area contributed by atoms with Crippen molar-refractivity contribution in [3.8, 4) is 0 Å². The lowest BCUT2D eigenvalue weighted by molar-refractivity contribution is -0.134. The highest BCUT2D eigenvalue weighted by Gasteiger charge is 2.30. The van der Waals surface area contributed by atoms with Crippen LogP contribution in [0.15, 0.2) is 30.3 Å². The van der Waals surface area contributed by atoms with E-state index in [1.54, 1.807) is 0 Å². The fraction of sp³-hybridized carbons (Fsp3) is 0.500. The molecule has 0 aliphatic carbocycles. The van der Waals surface area contributed by atoms with Crippen molar-refractivity contribution in [1.82, 2.24) is 14.7 Å². The number of carbonyl (C=O) groups excluding carboxylic acids is 1. The first-order valence-electron chi connectivity index (χ1n) is 8.77. The summed E-state index contributed by atoms with van der Waals surface area (Å²) in [6.07, 6.45) is 0.904. The van der Waals surface area contributed by atoms with Crippen LogP contribution in [0.1, 0.15) is 61.7 Å². The SMILES string of the molecule is CCC(c1ccccc1)N(CC)C(=O)C(C)c1c(C)nn(C)c1C. The Kier molecular flexibility index (Phi) is 5.81. The Labute approximate surface area is 145 Å². The third-order valence-corrected chi connectivity index (χ3v) is 4.94. The molecule has 1 amide bonds. The maximum atomic E-state index is 13.3. The van der Waals surface area contributed by atoms with Crippen molar-refractivity contribution in [3.63, 3.8) is 0 Å². The van der Waals surface area contributed by atoms with Crippen molar-refractivity contribution in [1.29, 1.82) is 0 Å². The van der Waals surface area contributed by atoms with Crippen molar-refractivity contribution < 1.29 is 4.79 Å². The summed E-state index contributed by atoms with van der Waals surface area (Å²) in [6.45, 7) is 10.9. The number of rotatable bonds is 6. The van der Waals surface area contributed by atoms with E-state index in [0.29, 0.717) is 6.54 Å². The van der Waals surface area contributed by atoms with Gasteiger partial charge in [-0.1, -0.05) is 37.3 Å². The number of benzene rings is 1. The van der Waals surface area contributed by atoms with E-state index in [1.807, 2.05) is 55.6 Å². The molecule has 1 aromatic carbocycles. The quantitative estimate of drug-likeness (QED) is 0.800. The Balaban J connectivity index is 2.34. The average molecular weight is 327 g/mol. The number of aryl methyl sites for hydroxylation is 2. The molecule has 1 heterocycles. The lowest BCUT2D eigenvalue weighted by atomic mass is 9.95. The van der Waals surface area contributed by atoms with Crippen LogP contribution in [-0.2, 0) is 11.8 Å². The molecular formula is C20H29N3O. The van der Waals surface area contributed by atoms with Gasteiger partial charge in [0.05, 0.1) is 17.7 Å². The van der Waals surface area contributed by atoms with Crippen LogP contribution in [-0.4, -0.2) is 27.1 Å². The van der Waals surface area contributed by atoms with Gasteiger partial charge in [-0.05, 0) is 39.7 Å². The number of nitrogens with zero attached hydrogens (tertiary/aromatic N) is 3. The Morgan fingerprint density at radius 3 is 2.29 bits per heavy atom. The Morgan fingerprint density at radius 2 is 1.83 bits per heavy atom. The van der Waals surface area contributed by atoms with Crippen LogP contribution in [0, 0.1) is 13.8 Å². The molecule has 0 radical (unpaired) electrons. The van der Waals surface area contributed by atoms with Crippen molar-refractivity contribution in [3.05, 3.63) is 52.8 Å². The van der Waals surface area contributed by atoms with Crippen LogP contribution in [0.2, 0.25) is 0 Å². The lowest BCUT2D eigenvalue weighted by Gasteiger charge is -2.33. The van der Waals surface area contributed by atoms with Gasteiger partial charge < -0.3 is 4.90 Å². The normalized spacial score (nSPS) is 13.6. The van der Waals surface area contributed by atoms with E-state index in [2.05, 4.69) is 31.1 Å². The van der Waals surface area contributed by atoms with Gasteiger partial charge in [0.1, 0.15) is 0 Å². The van der Waals surface area contributed by atoms with Gasteiger partial charge in [0.25, 0.3) is 0 Å². The Bertz CT molecular complexity index is 690. The summed E-state index contributed by atoms with van der Waals surface area (Å²) in [5, 5.41) is 4.47. The summed E-state index contributed by atoms with van der Waals surface area (Å²) in [7, 11) is 1.93. The van der Waals surface area contributed by atoms with Gasteiger partial charge in [0, 0.05) is 24.8 Å². The molecule has 2 unspecified atom stereocenters. The largest absolute Gasteiger partial charge is 0.335 e. The summed E-state index contributed by atoms with van der Waals surface area (Å²) in [5.74, 6) is -0.0104. The molecule has 0 N–H and O–H groups in total. The summed E-state index contributed by atoms with van der Waals surface area (Å²) < 4.78 is 1.86. The predicted octanol–water partition coefficient (Wildman–Crippen LogP) is 4.14. The number of amides is 1. The molecule has 24 heavy (non-hydrogen) atoms. The number of carbonyl (C=O) groups is 1. The fourth-order valence-corrected chi connectivity index (χ4v) is 3.63. The first kappa shape index (κ1) is 18.2. The van der Waals surface area contributed by atoms with E-state index in [9.17, 15) is 4.79 Å². The molecule has 130 valence electrons. The van der Waals surface area contributed by atoms with Crippen molar-refractivity contribution >= 4 is 5.91 Å². The summed E-state index contributed by atoms with van der Waals surface area (Å²) >= 11 is 0. The van der Waals surface area contributed by atoms with Crippen molar-refractivity contribution in [2.45, 2.75) is 53.0 Å². The van der Waals surface area contributed by atoms with Gasteiger partial charge in [-0.2, -0.15) is 5.10 Å². The molecule has 4 nitrogen and oxygen atoms in total. The molecule has 0 fully saturated rings. The first-order valence-corrected chi connectivity index (χ1v) is 8.77. The number of aromatic nitrogens is 2. The van der Waals surface area contributed by atoms with Gasteiger partial charge in [0.15, 0.2) is 0 Å². The molecule has 2 rings (SSSR count). The summed E-state index contributed by atoms with van der Waals surface area (Å²) in [4.78, 5) is 15.3. The Hall–Kier alpha value is -2.10. The molecule has 0 saturated heterocycles. The standard InChI is InChI=1S/C20H29N3O/c1-7-18(17-12-10-9-11-13-17)23(8-2)20(24)14(3)19-15(4)21-22(6)16(19)5/h9-14,18H,7-8H2,1-6H3. The molecule has 2 atom stereocenters. The zero-order valence-electron chi connectivity index (χ0n) is 15.7. The second kappa shape index (κ2) is 7.65. The first-order chi connectivity index (χ1) is 11.4. The van der Waals surface area contributed by atoms with Crippen LogP contribution in [0.4, 0.5) is 0 Å². The molecule has 0 bridgehead atoms. The van der Waals surface area contributed by atoms with E-state index >= 15 is 0 Å². The fourth-order valence-electron chi connectivity index (χ4n) is 3.63. The number of hydrogen-bond donors (Lipinski definition) is 0. The van der Waals surface area contributed by atoms with Crippen molar-refractivity contribution in [2.24, 2.45) is 7.05 Å². The monoisotopic (exact) mass is 327 g/mol. The minimum atomic E-state index is -0.184. The predicted molar refractivity (Wildman–Crippen MR) is 98.0 cm³/mol. The summed E-state index contributed by atoms with van der Waals surface area (Å²) in [6, 6.07) is 10.4. The van der Waals surface area contributed by atoms with Crippen LogP contribution in [0.5, 0.6) is 0 Å². The average Bonchev–Trinajstić information content (AvgIpc) is 2.84. The molecule has 0 saturated carbocycles. The number of likely N-dealkylation sites (N-methyl/N-ethyl adjacent to an activating group) is 1. The van der Waals surface area contributed by atoms with Crippen LogP contribution < -0.4 is 0 Å². The zero-order valence-corrected chi connectivity index (χ0v) is 15.7. The van der Waals surface area contributed by atoms with Crippen molar-refractivity contribution in [2.75, 3.05) is 6.54 Å². The molecule has 0 aliphatic heterocycles. The van der Waals surface area contributed by atoms with Crippen LogP contribution in [0.25, 0.3) is 0 Å². The second-order valence-corrected chi connectivity index (χ2v) is 6.39. The smallest absolute Gasteiger partial charge is 0.230 e. The maximum Gasteiger partial charge on any atom is 0.230 e. The highest BCUT2D eigenvalue weighted by atomic mass is 16.2. The molecule has 2 aromatic rings. The van der Waals surface area contributed by atoms with E-state index in [0.717, 1.165) is 23.4 Å². The molecule has 4 heteroatoms. The number of hydrogen-bond acceptors (Lipinski definition) is 2. The van der Waals surface area contributed by atoms with E-state index in [4.69, 9.17) is 0 Å². The topological polar surface area (TPSA) is 38.1 Å². The molecule has 0 spiro atoms. The van der Waals surface area contributed by atoms with E-state index in [1.165, 1.54) is 5.56 Å². The van der Waals surface area contributed by atoms with Gasteiger partial charge in [0.2, 0.25) is 5.91 Å². The molecule has 1 aromatic heterocycles. The highest BCUT2D eigenvalue weighted by Crippen LogP contribution is 2.30. The third kappa shape index (κ3) is 3.37. The lowest BCUT2D eigenvalue weighted by Crippen LogP contribution is -2.37. The minimum Gasteiger partial charge on any atom is -0.335 e. The van der Waals surface area contributed by atoms with Gasteiger partial charge in [-0.3, -0.25) is 9.48 Å². The minimum absolute atomic E-state index is 0.114. The summed E-state index contributed by atoms with van der Waals surface area (Å²) in [5.41, 5.74) is 4.27. The Morgan fingerprint density at radius 1 is 1.21 bits per heavy atom. The van der Waals surface area contributed by atoms with Crippen LogP contribution >= 0.6 is 0 Å². The maximum absolute atomic E-state index is 13.3. The van der Waals surface area contributed by atoms with E-state index in [-0.39, 0.29) is 17.9 Å². The molecule has 0 aliphatic rings. The highest BCUT2D eigenvalue weighted by molar-refractivity contribution is 5.84. The van der Waals surface area contributed by atoms with Gasteiger partial charge in [-0.15, -0.1) is 0 Å². The van der Waals surface area contributed by atoms with Crippen LogP contribution in [0.3, 0.4) is 0 Å². The van der Waals surface area contributed by atoms with E-state index < -0.39 is 0 Å². The van der Waals surface area contributed by atoms with Gasteiger partial charge in [-0.25, -0.2) is 0 Å². The molecular weight excluding hydrogens is 298 g/mol. The second-order valence-electron chi connectivity index (χ2n) is 6.39. The van der Waals surface area contributed by atoms with Gasteiger partial charge >= 0.3 is 0 Å². The third-order valence-electron chi connectivity index (χ3n) is 4.94.